The van der Waals surface area contributed by atoms with E-state index in [2.05, 4.69) is 14.8 Å². The average Bonchev–Trinajstić information content (AvgIpc) is 2.70. The quantitative estimate of drug-likeness (QED) is 0.221. The zero-order chi connectivity index (χ0) is 23.3. The first-order valence-electron chi connectivity index (χ1n) is 8.80. The summed E-state index contributed by atoms with van der Waals surface area (Å²) in [6, 6.07) is -2.41. The largest absolute Gasteiger partial charge is 0.481 e. The Kier molecular flexibility index (Phi) is 13.1. The SMILES string of the molecule is COC(=O)CC(SC[C@H](NC(=O)CC[C@H](N)C(=O)O)C(=O)CCC(=O)O)C(=O)OC. The zero-order valence-corrected chi connectivity index (χ0v) is 17.4. The van der Waals surface area contributed by atoms with Gasteiger partial charge < -0.3 is 30.7 Å². The molecule has 12 nitrogen and oxygen atoms in total. The van der Waals surface area contributed by atoms with Gasteiger partial charge in [0.2, 0.25) is 5.91 Å². The van der Waals surface area contributed by atoms with Gasteiger partial charge in [-0.2, -0.15) is 0 Å². The molecule has 0 aromatic rings. The third kappa shape index (κ3) is 11.4. The number of methoxy groups -OCH3 is 2. The van der Waals surface area contributed by atoms with Gasteiger partial charge in [-0.1, -0.05) is 0 Å². The van der Waals surface area contributed by atoms with E-state index in [4.69, 9.17) is 15.9 Å². The first-order chi connectivity index (χ1) is 14.0. The molecule has 0 aliphatic rings. The van der Waals surface area contributed by atoms with Gasteiger partial charge >= 0.3 is 23.9 Å². The molecule has 170 valence electrons. The van der Waals surface area contributed by atoms with E-state index in [9.17, 15) is 28.8 Å². The molecule has 13 heteroatoms. The summed E-state index contributed by atoms with van der Waals surface area (Å²) < 4.78 is 9.12. The van der Waals surface area contributed by atoms with Crippen LogP contribution in [0.2, 0.25) is 0 Å². The average molecular weight is 450 g/mol. The highest BCUT2D eigenvalue weighted by Gasteiger charge is 2.28. The van der Waals surface area contributed by atoms with E-state index in [-0.39, 0.29) is 31.4 Å². The van der Waals surface area contributed by atoms with Gasteiger partial charge in [-0.15, -0.1) is 11.8 Å². The summed E-state index contributed by atoms with van der Waals surface area (Å²) in [5.41, 5.74) is 5.33. The molecule has 0 heterocycles. The number of hydrogen-bond acceptors (Lipinski definition) is 10. The Bertz CT molecular complexity index is 654. The van der Waals surface area contributed by atoms with Gasteiger partial charge in [0.1, 0.15) is 11.3 Å². The molecule has 0 aromatic heterocycles. The Labute approximate surface area is 176 Å². The second-order valence-electron chi connectivity index (χ2n) is 6.09. The summed E-state index contributed by atoms with van der Waals surface area (Å²) in [7, 11) is 2.26. The highest BCUT2D eigenvalue weighted by Crippen LogP contribution is 2.19. The molecule has 0 aliphatic carbocycles. The minimum absolute atomic E-state index is 0.147. The topological polar surface area (TPSA) is 199 Å². The van der Waals surface area contributed by atoms with Crippen LogP contribution in [0.15, 0.2) is 0 Å². The van der Waals surface area contributed by atoms with E-state index in [1.54, 1.807) is 0 Å². The second-order valence-corrected chi connectivity index (χ2v) is 7.32. The zero-order valence-electron chi connectivity index (χ0n) is 16.6. The number of hydrogen-bond donors (Lipinski definition) is 4. The highest BCUT2D eigenvalue weighted by molar-refractivity contribution is 8.00. The van der Waals surface area contributed by atoms with Crippen molar-refractivity contribution in [2.24, 2.45) is 5.73 Å². The molecule has 0 radical (unpaired) electrons. The maximum absolute atomic E-state index is 12.3. The van der Waals surface area contributed by atoms with Crippen LogP contribution >= 0.6 is 11.8 Å². The number of esters is 2. The van der Waals surface area contributed by atoms with Crippen molar-refractivity contribution in [2.45, 2.75) is 49.4 Å². The molecule has 30 heavy (non-hydrogen) atoms. The maximum Gasteiger partial charge on any atom is 0.320 e. The van der Waals surface area contributed by atoms with Crippen LogP contribution in [0.5, 0.6) is 0 Å². The van der Waals surface area contributed by atoms with Crippen molar-refractivity contribution in [3.63, 3.8) is 0 Å². The molecule has 3 atom stereocenters. The van der Waals surface area contributed by atoms with Crippen LogP contribution < -0.4 is 11.1 Å². The molecule has 0 rings (SSSR count). The van der Waals surface area contributed by atoms with Crippen molar-refractivity contribution in [3.8, 4) is 0 Å². The lowest BCUT2D eigenvalue weighted by atomic mass is 10.1. The minimum Gasteiger partial charge on any atom is -0.481 e. The van der Waals surface area contributed by atoms with Gasteiger partial charge in [-0.3, -0.25) is 28.8 Å². The molecule has 0 fully saturated rings. The Morgan fingerprint density at radius 3 is 2.13 bits per heavy atom. The van der Waals surface area contributed by atoms with Crippen LogP contribution in [-0.2, 0) is 38.2 Å². The lowest BCUT2D eigenvalue weighted by Gasteiger charge is -2.20. The summed E-state index contributed by atoms with van der Waals surface area (Å²) in [6.07, 6.45) is -1.59. The van der Waals surface area contributed by atoms with Crippen molar-refractivity contribution < 1.29 is 48.5 Å². The van der Waals surface area contributed by atoms with E-state index < -0.39 is 59.3 Å². The van der Waals surface area contributed by atoms with Crippen molar-refractivity contribution in [2.75, 3.05) is 20.0 Å². The fourth-order valence-electron chi connectivity index (χ4n) is 2.08. The molecule has 0 aromatic carbocycles. The summed E-state index contributed by atoms with van der Waals surface area (Å²) in [4.78, 5) is 69.2. The van der Waals surface area contributed by atoms with Crippen LogP contribution in [-0.4, -0.2) is 83.1 Å². The van der Waals surface area contributed by atoms with E-state index in [1.165, 1.54) is 0 Å². The Hall–Kier alpha value is -2.67. The first kappa shape index (κ1) is 27.3. The lowest BCUT2D eigenvalue weighted by molar-refractivity contribution is -0.146. The van der Waals surface area contributed by atoms with E-state index in [1.807, 2.05) is 0 Å². The molecule has 5 N–H and O–H groups in total. The highest BCUT2D eigenvalue weighted by atomic mass is 32.2. The first-order valence-corrected chi connectivity index (χ1v) is 9.85. The number of nitrogens with one attached hydrogen (secondary N) is 1. The molecule has 0 spiro atoms. The van der Waals surface area contributed by atoms with Crippen LogP contribution in [0.3, 0.4) is 0 Å². The molecule has 0 saturated carbocycles. The van der Waals surface area contributed by atoms with Crippen LogP contribution in [0.4, 0.5) is 0 Å². The minimum atomic E-state index is -1.28. The number of carboxylic acid groups (broad SMARTS) is 2. The fourth-order valence-corrected chi connectivity index (χ4v) is 3.27. The molecule has 0 bridgehead atoms. The van der Waals surface area contributed by atoms with Gasteiger partial charge in [-0.25, -0.2) is 0 Å². The number of ether oxygens (including phenoxy) is 2. The number of thioether (sulfide) groups is 1. The molecule has 0 saturated heterocycles. The maximum atomic E-state index is 12.3. The number of amides is 1. The third-order valence-corrected chi connectivity index (χ3v) is 5.10. The molecule has 1 unspecified atom stereocenters. The normalized spacial score (nSPS) is 13.4. The van der Waals surface area contributed by atoms with Crippen LogP contribution in [0.25, 0.3) is 0 Å². The Morgan fingerprint density at radius 1 is 1.00 bits per heavy atom. The number of rotatable bonds is 15. The number of carbonyl (C=O) groups excluding carboxylic acids is 4. The standard InChI is InChI=1S/C17H26N2O10S/c1-28-15(24)7-12(17(27)29-2)30-8-10(11(20)4-6-14(22)23)19-13(21)5-3-9(18)16(25)26/h9-10,12H,3-8,18H2,1-2H3,(H,19,21)(H,22,23)(H,25,26)/t9-,10-,12?/m0/s1. The van der Waals surface area contributed by atoms with Crippen molar-refractivity contribution in [1.82, 2.24) is 5.32 Å². The summed E-state index contributed by atoms with van der Waals surface area (Å²) in [6.45, 7) is 0. The molecule has 1 amide bonds. The monoisotopic (exact) mass is 450 g/mol. The number of aliphatic carboxylic acids is 2. The van der Waals surface area contributed by atoms with Crippen molar-refractivity contribution in [1.29, 1.82) is 0 Å². The van der Waals surface area contributed by atoms with Crippen molar-refractivity contribution in [3.05, 3.63) is 0 Å². The molecular formula is C17H26N2O10S. The smallest absolute Gasteiger partial charge is 0.320 e. The number of carboxylic acids is 2. The number of carbonyl (C=O) groups is 6. The number of Topliss-reactive ketones (excluding diaryl/α,β-unsaturated/α-hetero) is 1. The second kappa shape index (κ2) is 14.3. The number of nitrogens with two attached hydrogens (primary N) is 1. The van der Waals surface area contributed by atoms with Crippen LogP contribution in [0, 0.1) is 0 Å². The molecular weight excluding hydrogens is 424 g/mol. The fraction of sp³-hybridized carbons (Fsp3) is 0.647. The predicted octanol–water partition coefficient (Wildman–Crippen LogP) is -1.06. The van der Waals surface area contributed by atoms with E-state index in [0.29, 0.717) is 0 Å². The van der Waals surface area contributed by atoms with Crippen molar-refractivity contribution >= 4 is 47.3 Å². The number of ketones is 1. The summed E-state index contributed by atoms with van der Waals surface area (Å²) >= 11 is 0.863. The molecule has 0 aliphatic heterocycles. The van der Waals surface area contributed by atoms with E-state index >= 15 is 0 Å². The Morgan fingerprint density at radius 2 is 1.63 bits per heavy atom. The predicted molar refractivity (Wildman–Crippen MR) is 104 cm³/mol. The lowest BCUT2D eigenvalue weighted by Crippen LogP contribution is -2.44. The van der Waals surface area contributed by atoms with Gasteiger partial charge in [0.25, 0.3) is 0 Å². The Balaban J connectivity index is 5.13. The van der Waals surface area contributed by atoms with Gasteiger partial charge in [0, 0.05) is 18.6 Å². The third-order valence-electron chi connectivity index (χ3n) is 3.82. The summed E-state index contributed by atoms with van der Waals surface area (Å²) in [5.74, 6) is -5.31. The summed E-state index contributed by atoms with van der Waals surface area (Å²) in [5, 5.41) is 18.9. The van der Waals surface area contributed by atoms with Gasteiger partial charge in [0.15, 0.2) is 5.78 Å². The van der Waals surface area contributed by atoms with E-state index in [0.717, 1.165) is 26.0 Å². The van der Waals surface area contributed by atoms with Crippen LogP contribution in [0.1, 0.15) is 32.1 Å². The van der Waals surface area contributed by atoms with Gasteiger partial charge in [0.05, 0.1) is 33.1 Å². The van der Waals surface area contributed by atoms with Gasteiger partial charge in [-0.05, 0) is 6.42 Å².